The molecular formula is C18H19N3O4. The van der Waals surface area contributed by atoms with E-state index in [2.05, 4.69) is 5.16 Å². The third-order valence-electron chi connectivity index (χ3n) is 3.66. The van der Waals surface area contributed by atoms with E-state index in [1.165, 1.54) is 4.90 Å². The molecule has 0 aliphatic heterocycles. The fourth-order valence-corrected chi connectivity index (χ4v) is 2.34. The van der Waals surface area contributed by atoms with Crippen LogP contribution in [0.15, 0.2) is 28.8 Å². The topological polar surface area (TPSA) is 96.4 Å². The van der Waals surface area contributed by atoms with Gasteiger partial charge in [0.15, 0.2) is 6.61 Å². The number of ether oxygens (including phenoxy) is 1. The number of aryl methyl sites for hydroxylation is 3. The minimum atomic E-state index is -0.659. The minimum Gasteiger partial charge on any atom is -0.452 e. The van der Waals surface area contributed by atoms with E-state index in [0.717, 1.165) is 5.56 Å². The highest BCUT2D eigenvalue weighted by Crippen LogP contribution is 2.17. The fourth-order valence-electron chi connectivity index (χ4n) is 2.34. The Labute approximate surface area is 145 Å². The van der Waals surface area contributed by atoms with Crippen LogP contribution in [-0.4, -0.2) is 30.2 Å². The molecule has 2 rings (SSSR count). The maximum absolute atomic E-state index is 12.5. The molecule has 0 saturated heterocycles. The number of benzene rings is 1. The summed E-state index contributed by atoms with van der Waals surface area (Å²) >= 11 is 0. The van der Waals surface area contributed by atoms with Gasteiger partial charge in [-0.1, -0.05) is 22.9 Å². The summed E-state index contributed by atoms with van der Waals surface area (Å²) in [6, 6.07) is 9.34. The second kappa shape index (κ2) is 8.11. The largest absolute Gasteiger partial charge is 0.452 e. The fraction of sp³-hybridized carbons (Fsp3) is 0.333. The first-order valence-corrected chi connectivity index (χ1v) is 7.78. The zero-order chi connectivity index (χ0) is 18.4. The molecule has 2 aromatic rings. The summed E-state index contributed by atoms with van der Waals surface area (Å²) in [6.45, 7) is 4.96. The van der Waals surface area contributed by atoms with Crippen LogP contribution in [0, 0.1) is 32.1 Å². The van der Waals surface area contributed by atoms with Crippen molar-refractivity contribution in [2.24, 2.45) is 0 Å². The first-order valence-electron chi connectivity index (χ1n) is 7.78. The smallest absolute Gasteiger partial charge is 0.344 e. The van der Waals surface area contributed by atoms with Crippen molar-refractivity contribution in [1.82, 2.24) is 5.16 Å². The summed E-state index contributed by atoms with van der Waals surface area (Å²) < 4.78 is 10.0. The number of nitriles is 1. The Bertz CT molecular complexity index is 783. The van der Waals surface area contributed by atoms with Crippen LogP contribution < -0.4 is 4.90 Å². The van der Waals surface area contributed by atoms with Gasteiger partial charge >= 0.3 is 5.97 Å². The van der Waals surface area contributed by atoms with Crippen molar-refractivity contribution in [2.45, 2.75) is 27.2 Å². The SMILES string of the molecule is Cc1ccc(N(CCC#N)C(=O)COC(=O)c2c(C)noc2C)cc1. The average Bonchev–Trinajstić information content (AvgIpc) is 2.93. The van der Waals surface area contributed by atoms with E-state index >= 15 is 0 Å². The van der Waals surface area contributed by atoms with Gasteiger partial charge in [0.1, 0.15) is 11.3 Å². The van der Waals surface area contributed by atoms with E-state index in [9.17, 15) is 9.59 Å². The van der Waals surface area contributed by atoms with E-state index in [1.807, 2.05) is 25.1 Å². The molecule has 1 aromatic heterocycles. The van der Waals surface area contributed by atoms with Gasteiger partial charge in [0.25, 0.3) is 5.91 Å². The summed E-state index contributed by atoms with van der Waals surface area (Å²) in [4.78, 5) is 26.0. The van der Waals surface area contributed by atoms with Gasteiger partial charge in [0.2, 0.25) is 0 Å². The molecule has 0 radical (unpaired) electrons. The Hall–Kier alpha value is -3.14. The van der Waals surface area contributed by atoms with Crippen molar-refractivity contribution >= 4 is 17.6 Å². The number of rotatable bonds is 6. The lowest BCUT2D eigenvalue weighted by Crippen LogP contribution is -2.35. The second-order valence-corrected chi connectivity index (χ2v) is 5.56. The molecule has 0 bridgehead atoms. The molecule has 1 aromatic carbocycles. The van der Waals surface area contributed by atoms with Crippen molar-refractivity contribution in [2.75, 3.05) is 18.1 Å². The molecule has 25 heavy (non-hydrogen) atoms. The minimum absolute atomic E-state index is 0.178. The first-order chi connectivity index (χ1) is 11.9. The first kappa shape index (κ1) is 18.2. The number of esters is 1. The monoisotopic (exact) mass is 341 g/mol. The Kier molecular flexibility index (Phi) is 5.90. The van der Waals surface area contributed by atoms with Crippen molar-refractivity contribution in [1.29, 1.82) is 5.26 Å². The molecule has 0 saturated carbocycles. The van der Waals surface area contributed by atoms with Crippen LogP contribution in [-0.2, 0) is 9.53 Å². The van der Waals surface area contributed by atoms with Crippen molar-refractivity contribution in [3.63, 3.8) is 0 Å². The van der Waals surface area contributed by atoms with Gasteiger partial charge in [-0.15, -0.1) is 0 Å². The van der Waals surface area contributed by atoms with E-state index in [-0.39, 0.29) is 18.5 Å². The second-order valence-electron chi connectivity index (χ2n) is 5.56. The predicted octanol–water partition coefficient (Wildman–Crippen LogP) is 2.70. The average molecular weight is 341 g/mol. The Morgan fingerprint density at radius 1 is 1.24 bits per heavy atom. The van der Waals surface area contributed by atoms with E-state index in [1.54, 1.807) is 26.0 Å². The number of aromatic nitrogens is 1. The molecule has 1 amide bonds. The summed E-state index contributed by atoms with van der Waals surface area (Å²) in [5.41, 5.74) is 2.35. The van der Waals surface area contributed by atoms with Gasteiger partial charge in [-0.3, -0.25) is 4.79 Å². The number of carbonyl (C=O) groups excluding carboxylic acids is 2. The molecule has 0 spiro atoms. The summed E-state index contributed by atoms with van der Waals surface area (Å²) in [7, 11) is 0. The van der Waals surface area contributed by atoms with Crippen molar-refractivity contribution < 1.29 is 18.8 Å². The van der Waals surface area contributed by atoms with Crippen LogP contribution in [0.3, 0.4) is 0 Å². The van der Waals surface area contributed by atoms with Gasteiger partial charge in [0, 0.05) is 12.2 Å². The quantitative estimate of drug-likeness (QED) is 0.750. The lowest BCUT2D eigenvalue weighted by Gasteiger charge is -2.21. The van der Waals surface area contributed by atoms with E-state index in [4.69, 9.17) is 14.5 Å². The van der Waals surface area contributed by atoms with Gasteiger partial charge < -0.3 is 14.2 Å². The zero-order valence-corrected chi connectivity index (χ0v) is 14.4. The highest BCUT2D eigenvalue weighted by Gasteiger charge is 2.22. The number of amides is 1. The van der Waals surface area contributed by atoms with Crippen molar-refractivity contribution in [3.8, 4) is 6.07 Å². The predicted molar refractivity (Wildman–Crippen MR) is 90.0 cm³/mol. The molecule has 1 heterocycles. The summed E-state index contributed by atoms with van der Waals surface area (Å²) in [5, 5.41) is 12.5. The highest BCUT2D eigenvalue weighted by molar-refractivity contribution is 5.97. The maximum Gasteiger partial charge on any atom is 0.344 e. The Balaban J connectivity index is 2.08. The van der Waals surface area contributed by atoms with Crippen LogP contribution in [0.2, 0.25) is 0 Å². The van der Waals surface area contributed by atoms with Crippen LogP contribution in [0.4, 0.5) is 5.69 Å². The normalized spacial score (nSPS) is 10.2. The standard InChI is InChI=1S/C18H19N3O4/c1-12-5-7-15(8-6-12)21(10-4-9-19)16(22)11-24-18(23)17-13(2)20-25-14(17)3/h5-8H,4,10-11H2,1-3H3. The van der Waals surface area contributed by atoms with Gasteiger partial charge in [-0.25, -0.2) is 4.79 Å². The molecule has 0 aliphatic carbocycles. The molecule has 0 unspecified atom stereocenters. The van der Waals surface area contributed by atoms with E-state index < -0.39 is 18.5 Å². The molecular weight excluding hydrogens is 322 g/mol. The summed E-state index contributed by atoms with van der Waals surface area (Å²) in [5.74, 6) is -0.720. The number of hydrogen-bond acceptors (Lipinski definition) is 6. The summed E-state index contributed by atoms with van der Waals surface area (Å²) in [6.07, 6.45) is 0.178. The maximum atomic E-state index is 12.5. The van der Waals surface area contributed by atoms with Crippen molar-refractivity contribution in [3.05, 3.63) is 46.8 Å². The molecule has 7 nitrogen and oxygen atoms in total. The third-order valence-corrected chi connectivity index (χ3v) is 3.66. The zero-order valence-electron chi connectivity index (χ0n) is 14.4. The molecule has 7 heteroatoms. The molecule has 0 N–H and O–H groups in total. The van der Waals surface area contributed by atoms with Crippen LogP contribution in [0.5, 0.6) is 0 Å². The number of anilines is 1. The molecule has 0 atom stereocenters. The van der Waals surface area contributed by atoms with Crippen LogP contribution in [0.1, 0.15) is 33.8 Å². The van der Waals surface area contributed by atoms with Crippen LogP contribution in [0.25, 0.3) is 0 Å². The van der Waals surface area contributed by atoms with Crippen LogP contribution >= 0.6 is 0 Å². The van der Waals surface area contributed by atoms with E-state index in [0.29, 0.717) is 17.1 Å². The van der Waals surface area contributed by atoms with Gasteiger partial charge in [0.05, 0.1) is 18.2 Å². The van der Waals surface area contributed by atoms with Gasteiger partial charge in [-0.2, -0.15) is 5.26 Å². The lowest BCUT2D eigenvalue weighted by molar-refractivity contribution is -0.121. The number of nitrogens with zero attached hydrogens (tertiary/aromatic N) is 3. The van der Waals surface area contributed by atoms with Gasteiger partial charge in [-0.05, 0) is 32.9 Å². The Morgan fingerprint density at radius 2 is 1.92 bits per heavy atom. The molecule has 0 fully saturated rings. The molecule has 130 valence electrons. The highest BCUT2D eigenvalue weighted by atomic mass is 16.5. The Morgan fingerprint density at radius 3 is 2.48 bits per heavy atom. The lowest BCUT2D eigenvalue weighted by atomic mass is 10.2. The molecule has 0 aliphatic rings. The number of hydrogen-bond donors (Lipinski definition) is 0. The number of carbonyl (C=O) groups is 2. The third kappa shape index (κ3) is 4.44.